The number of imide groups is 1. The van der Waals surface area contributed by atoms with Crippen molar-refractivity contribution in [3.05, 3.63) is 57.7 Å². The first-order chi connectivity index (χ1) is 15.0. The zero-order valence-corrected chi connectivity index (χ0v) is 18.3. The van der Waals surface area contributed by atoms with Crippen LogP contribution in [0.2, 0.25) is 10.0 Å². The number of anilines is 1. The van der Waals surface area contributed by atoms with Gasteiger partial charge in [-0.1, -0.05) is 29.3 Å². The van der Waals surface area contributed by atoms with Crippen LogP contribution in [-0.2, 0) is 14.3 Å². The maximum absolute atomic E-state index is 13.2. The predicted molar refractivity (Wildman–Crippen MR) is 118 cm³/mol. The molecular formula is C22H20Cl2N2O5. The number of rotatable bonds is 7. The average molecular weight is 463 g/mol. The van der Waals surface area contributed by atoms with Crippen molar-refractivity contribution in [3.63, 3.8) is 0 Å². The van der Waals surface area contributed by atoms with E-state index in [0.717, 1.165) is 0 Å². The van der Waals surface area contributed by atoms with Gasteiger partial charge in [-0.25, -0.2) is 0 Å². The van der Waals surface area contributed by atoms with E-state index in [0.29, 0.717) is 54.0 Å². The lowest BCUT2D eigenvalue weighted by atomic mass is 10.0. The summed E-state index contributed by atoms with van der Waals surface area (Å²) in [6.07, 6.45) is 0.521. The minimum atomic E-state index is -0.433. The monoisotopic (exact) mass is 462 g/mol. The molecule has 0 bridgehead atoms. The predicted octanol–water partition coefficient (Wildman–Crippen LogP) is 3.99. The summed E-state index contributed by atoms with van der Waals surface area (Å²) < 4.78 is 16.2. The fourth-order valence-corrected chi connectivity index (χ4v) is 3.97. The second kappa shape index (κ2) is 9.18. The van der Waals surface area contributed by atoms with Crippen molar-refractivity contribution in [1.82, 2.24) is 4.90 Å². The van der Waals surface area contributed by atoms with Crippen molar-refractivity contribution in [2.75, 3.05) is 38.8 Å². The number of hydrogen-bond donors (Lipinski definition) is 1. The number of amides is 2. The molecule has 0 saturated heterocycles. The van der Waals surface area contributed by atoms with Crippen LogP contribution >= 0.6 is 23.2 Å². The van der Waals surface area contributed by atoms with Crippen LogP contribution < -0.4 is 14.8 Å². The molecule has 0 unspecified atom stereocenters. The van der Waals surface area contributed by atoms with Crippen molar-refractivity contribution in [3.8, 4) is 11.5 Å². The minimum Gasteiger partial charge on any atom is -0.486 e. The lowest BCUT2D eigenvalue weighted by molar-refractivity contribution is -0.136. The maximum Gasteiger partial charge on any atom is 0.278 e. The summed E-state index contributed by atoms with van der Waals surface area (Å²) in [5, 5.41) is 3.81. The molecule has 2 aliphatic heterocycles. The zero-order valence-electron chi connectivity index (χ0n) is 16.7. The number of fused-ring (bicyclic) bond motifs is 1. The van der Waals surface area contributed by atoms with Crippen LogP contribution in [0.1, 0.15) is 12.0 Å². The van der Waals surface area contributed by atoms with Crippen LogP contribution in [0.3, 0.4) is 0 Å². The molecule has 2 aromatic rings. The van der Waals surface area contributed by atoms with Crippen molar-refractivity contribution < 1.29 is 23.8 Å². The van der Waals surface area contributed by atoms with Gasteiger partial charge in [-0.05, 0) is 30.7 Å². The van der Waals surface area contributed by atoms with Gasteiger partial charge in [0.1, 0.15) is 18.9 Å². The van der Waals surface area contributed by atoms with Gasteiger partial charge in [0.15, 0.2) is 11.5 Å². The summed E-state index contributed by atoms with van der Waals surface area (Å²) in [7, 11) is 1.57. The van der Waals surface area contributed by atoms with Gasteiger partial charge >= 0.3 is 0 Å². The van der Waals surface area contributed by atoms with Crippen LogP contribution in [0, 0.1) is 0 Å². The quantitative estimate of drug-likeness (QED) is 0.495. The van der Waals surface area contributed by atoms with Gasteiger partial charge in [0.05, 0.1) is 10.6 Å². The molecule has 2 heterocycles. The average Bonchev–Trinajstić information content (AvgIpc) is 2.98. The molecule has 0 fully saturated rings. The summed E-state index contributed by atoms with van der Waals surface area (Å²) in [6, 6.07) is 10.0. The van der Waals surface area contributed by atoms with Crippen LogP contribution in [0.25, 0.3) is 5.57 Å². The van der Waals surface area contributed by atoms with E-state index < -0.39 is 11.8 Å². The number of carbonyl (C=O) groups excluding carboxylic acids is 2. The molecule has 7 nitrogen and oxygen atoms in total. The van der Waals surface area contributed by atoms with E-state index in [2.05, 4.69) is 5.32 Å². The standard InChI is InChI=1S/C22H20Cl2N2O5/c1-29-8-2-7-26-21(27)19(15-5-3-13(23)11-16(15)24)20(22(26)28)25-14-4-6-17-18(12-14)31-10-9-30-17/h3-6,11-12,25H,2,7-10H2,1H3. The normalized spacial score (nSPS) is 15.6. The van der Waals surface area contributed by atoms with Crippen molar-refractivity contribution in [2.24, 2.45) is 0 Å². The van der Waals surface area contributed by atoms with Crippen molar-refractivity contribution in [2.45, 2.75) is 6.42 Å². The Kier molecular flexibility index (Phi) is 6.36. The molecule has 4 rings (SSSR count). The van der Waals surface area contributed by atoms with E-state index in [4.69, 9.17) is 37.4 Å². The number of hydrogen-bond acceptors (Lipinski definition) is 6. The fraction of sp³-hybridized carbons (Fsp3) is 0.273. The van der Waals surface area contributed by atoms with E-state index in [9.17, 15) is 9.59 Å². The smallest absolute Gasteiger partial charge is 0.278 e. The highest BCUT2D eigenvalue weighted by Gasteiger charge is 2.39. The summed E-state index contributed by atoms with van der Waals surface area (Å²) in [4.78, 5) is 27.6. The Balaban J connectivity index is 1.72. The van der Waals surface area contributed by atoms with E-state index in [1.807, 2.05) is 0 Å². The number of methoxy groups -OCH3 is 1. The molecular weight excluding hydrogens is 443 g/mol. The van der Waals surface area contributed by atoms with E-state index in [-0.39, 0.29) is 22.8 Å². The molecule has 2 amide bonds. The molecule has 0 saturated carbocycles. The van der Waals surface area contributed by atoms with Crippen LogP contribution in [0.15, 0.2) is 42.1 Å². The fourth-order valence-electron chi connectivity index (χ4n) is 3.47. The van der Waals surface area contributed by atoms with Gasteiger partial charge in [-0.15, -0.1) is 0 Å². The molecule has 162 valence electrons. The number of nitrogens with zero attached hydrogens (tertiary/aromatic N) is 1. The van der Waals surface area contributed by atoms with Gasteiger partial charge in [0, 0.05) is 42.6 Å². The van der Waals surface area contributed by atoms with E-state index in [1.165, 1.54) is 4.90 Å². The second-order valence-corrected chi connectivity index (χ2v) is 7.81. The molecule has 0 atom stereocenters. The van der Waals surface area contributed by atoms with Crippen LogP contribution in [-0.4, -0.2) is 50.2 Å². The molecule has 0 aliphatic carbocycles. The highest BCUT2D eigenvalue weighted by atomic mass is 35.5. The maximum atomic E-state index is 13.2. The third-order valence-electron chi connectivity index (χ3n) is 4.91. The molecule has 9 heteroatoms. The molecule has 0 radical (unpaired) electrons. The zero-order chi connectivity index (χ0) is 22.0. The van der Waals surface area contributed by atoms with Crippen LogP contribution in [0.4, 0.5) is 5.69 Å². The first kappa shape index (κ1) is 21.5. The Morgan fingerprint density at radius 2 is 1.81 bits per heavy atom. The highest BCUT2D eigenvalue weighted by molar-refractivity contribution is 6.41. The molecule has 2 aliphatic rings. The number of benzene rings is 2. The third-order valence-corrected chi connectivity index (χ3v) is 5.46. The molecule has 2 aromatic carbocycles. The Bertz CT molecular complexity index is 1070. The molecule has 31 heavy (non-hydrogen) atoms. The van der Waals surface area contributed by atoms with E-state index in [1.54, 1.807) is 43.5 Å². The number of carbonyl (C=O) groups is 2. The van der Waals surface area contributed by atoms with Gasteiger partial charge in [-0.3, -0.25) is 14.5 Å². The second-order valence-electron chi connectivity index (χ2n) is 6.97. The molecule has 0 spiro atoms. The Morgan fingerprint density at radius 3 is 2.55 bits per heavy atom. The lowest BCUT2D eigenvalue weighted by Crippen LogP contribution is -2.33. The third kappa shape index (κ3) is 4.35. The number of nitrogens with one attached hydrogen (secondary N) is 1. The van der Waals surface area contributed by atoms with Gasteiger partial charge < -0.3 is 19.5 Å². The molecule has 1 N–H and O–H groups in total. The van der Waals surface area contributed by atoms with E-state index >= 15 is 0 Å². The van der Waals surface area contributed by atoms with Gasteiger partial charge in [0.25, 0.3) is 11.8 Å². The topological polar surface area (TPSA) is 77.1 Å². The Labute approximate surface area is 189 Å². The molecule has 0 aromatic heterocycles. The summed E-state index contributed by atoms with van der Waals surface area (Å²) in [5.74, 6) is 0.334. The Hall–Kier alpha value is -2.74. The van der Waals surface area contributed by atoms with Crippen molar-refractivity contribution >= 4 is 46.3 Å². The first-order valence-corrected chi connectivity index (χ1v) is 10.5. The van der Waals surface area contributed by atoms with Gasteiger partial charge in [0.2, 0.25) is 0 Å². The number of halogens is 2. The lowest BCUT2D eigenvalue weighted by Gasteiger charge is -2.19. The summed E-state index contributed by atoms with van der Waals surface area (Å²) >= 11 is 12.4. The van der Waals surface area contributed by atoms with Crippen LogP contribution in [0.5, 0.6) is 11.5 Å². The SMILES string of the molecule is COCCCN1C(=O)C(Nc2ccc3c(c2)OCCO3)=C(c2ccc(Cl)cc2Cl)C1=O. The summed E-state index contributed by atoms with van der Waals surface area (Å²) in [6.45, 7) is 1.58. The Morgan fingerprint density at radius 1 is 1.03 bits per heavy atom. The largest absolute Gasteiger partial charge is 0.486 e. The van der Waals surface area contributed by atoms with Gasteiger partial charge in [-0.2, -0.15) is 0 Å². The highest BCUT2D eigenvalue weighted by Crippen LogP contribution is 2.37. The summed E-state index contributed by atoms with van der Waals surface area (Å²) in [5.41, 5.74) is 1.35. The van der Waals surface area contributed by atoms with Crippen molar-refractivity contribution in [1.29, 1.82) is 0 Å². The number of ether oxygens (including phenoxy) is 3. The minimum absolute atomic E-state index is 0.142. The first-order valence-electron chi connectivity index (χ1n) is 9.71.